The zero-order valence-electron chi connectivity index (χ0n) is 17.4. The van der Waals surface area contributed by atoms with E-state index in [4.69, 9.17) is 14.2 Å². The van der Waals surface area contributed by atoms with E-state index < -0.39 is 10.9 Å². The zero-order chi connectivity index (χ0) is 23.4. The van der Waals surface area contributed by atoms with Crippen LogP contribution in [0, 0.1) is 13.7 Å². The number of carbonyl (C=O) groups is 1. The number of cyclic esters (lactones) is 1. The highest BCUT2D eigenvalue weighted by Gasteiger charge is 2.25. The Morgan fingerprint density at radius 1 is 1.12 bits per heavy atom. The molecule has 1 aliphatic heterocycles. The number of aliphatic imine (C=N–C) groups is 1. The number of benzene rings is 3. The minimum absolute atomic E-state index is 0.0235. The lowest BCUT2D eigenvalue weighted by molar-refractivity contribution is -0.384. The predicted molar refractivity (Wildman–Crippen MR) is 130 cm³/mol. The number of nitrogens with zero attached hydrogens (tertiary/aromatic N) is 2. The van der Waals surface area contributed by atoms with Crippen molar-refractivity contribution in [3.05, 3.63) is 103 Å². The first-order valence-corrected chi connectivity index (χ1v) is 10.8. The summed E-state index contributed by atoms with van der Waals surface area (Å²) in [5, 5.41) is 11.0. The van der Waals surface area contributed by atoms with Crippen LogP contribution in [0.25, 0.3) is 6.08 Å². The van der Waals surface area contributed by atoms with Gasteiger partial charge >= 0.3 is 5.97 Å². The van der Waals surface area contributed by atoms with Crippen molar-refractivity contribution in [3.63, 3.8) is 0 Å². The Balaban J connectivity index is 1.64. The van der Waals surface area contributed by atoms with Gasteiger partial charge in [0.1, 0.15) is 6.61 Å². The third-order valence-corrected chi connectivity index (χ3v) is 5.46. The van der Waals surface area contributed by atoms with E-state index >= 15 is 0 Å². The molecule has 3 aromatic carbocycles. The maximum absolute atomic E-state index is 12.4. The summed E-state index contributed by atoms with van der Waals surface area (Å²) in [5.74, 6) is 0.480. The smallest absolute Gasteiger partial charge is 0.363 e. The summed E-state index contributed by atoms with van der Waals surface area (Å²) >= 11 is 2.19. The Kier molecular flexibility index (Phi) is 6.68. The third-order valence-electron chi connectivity index (χ3n) is 4.74. The summed E-state index contributed by atoms with van der Waals surface area (Å²) in [4.78, 5) is 27.3. The van der Waals surface area contributed by atoms with Crippen molar-refractivity contribution >= 4 is 46.2 Å². The van der Waals surface area contributed by atoms with E-state index in [1.165, 1.54) is 19.2 Å². The van der Waals surface area contributed by atoms with Crippen LogP contribution in [0.1, 0.15) is 16.7 Å². The Hall–Kier alpha value is -3.73. The van der Waals surface area contributed by atoms with Crippen molar-refractivity contribution in [3.8, 4) is 11.5 Å². The number of nitro benzene ring substituents is 1. The highest BCUT2D eigenvalue weighted by atomic mass is 127. The van der Waals surface area contributed by atoms with Gasteiger partial charge in [0, 0.05) is 26.8 Å². The van der Waals surface area contributed by atoms with Crippen molar-refractivity contribution < 1.29 is 23.9 Å². The lowest BCUT2D eigenvalue weighted by Crippen LogP contribution is -2.05. The minimum atomic E-state index is -0.573. The molecule has 4 rings (SSSR count). The van der Waals surface area contributed by atoms with Crippen molar-refractivity contribution in [1.82, 2.24) is 0 Å². The van der Waals surface area contributed by atoms with Gasteiger partial charge in [0.25, 0.3) is 5.69 Å². The number of nitro groups is 1. The lowest BCUT2D eigenvalue weighted by Gasteiger charge is -2.13. The number of halogens is 1. The summed E-state index contributed by atoms with van der Waals surface area (Å²) < 4.78 is 17.8. The molecule has 8 nitrogen and oxygen atoms in total. The fraction of sp³-hybridized carbons (Fsp3) is 0.0833. The molecule has 0 saturated heterocycles. The molecule has 0 radical (unpaired) electrons. The monoisotopic (exact) mass is 556 g/mol. The molecular formula is C24H17IN2O6. The number of hydrogen-bond acceptors (Lipinski definition) is 7. The highest BCUT2D eigenvalue weighted by molar-refractivity contribution is 14.1. The SMILES string of the molecule is COc1cccc(/C=C2\N=C(c3ccc(I)cc3)OC2=O)c1OCc1cccc([N+](=O)[O-])c1. The Morgan fingerprint density at radius 2 is 1.88 bits per heavy atom. The van der Waals surface area contributed by atoms with Gasteiger partial charge in [-0.2, -0.15) is 0 Å². The topological polar surface area (TPSA) is 100 Å². The molecule has 0 unspecified atom stereocenters. The van der Waals surface area contributed by atoms with Crippen LogP contribution in [0.3, 0.4) is 0 Å². The molecule has 0 N–H and O–H groups in total. The van der Waals surface area contributed by atoms with Crippen molar-refractivity contribution in [2.24, 2.45) is 4.99 Å². The molecule has 0 fully saturated rings. The Morgan fingerprint density at radius 3 is 2.61 bits per heavy atom. The normalized spacial score (nSPS) is 14.1. The number of carbonyl (C=O) groups excluding carboxylic acids is 1. The maximum Gasteiger partial charge on any atom is 0.363 e. The van der Waals surface area contributed by atoms with E-state index in [1.807, 2.05) is 24.3 Å². The van der Waals surface area contributed by atoms with Crippen molar-refractivity contribution in [2.45, 2.75) is 6.61 Å². The Labute approximate surface area is 202 Å². The number of hydrogen-bond donors (Lipinski definition) is 0. The molecule has 33 heavy (non-hydrogen) atoms. The number of ether oxygens (including phenoxy) is 3. The van der Waals surface area contributed by atoms with Crippen LogP contribution in [0.4, 0.5) is 5.69 Å². The fourth-order valence-corrected chi connectivity index (χ4v) is 3.51. The largest absolute Gasteiger partial charge is 0.493 e. The molecule has 0 aromatic heterocycles. The minimum Gasteiger partial charge on any atom is -0.493 e. The standard InChI is InChI=1S/C24H17IN2O6/c1-31-21-7-3-5-17(22(21)32-14-15-4-2-6-19(12-15)27(29)30)13-20-24(28)33-23(26-20)16-8-10-18(25)11-9-16/h2-13H,14H2,1H3/b20-13-. The van der Waals surface area contributed by atoms with E-state index in [2.05, 4.69) is 27.6 Å². The lowest BCUT2D eigenvalue weighted by atomic mass is 10.1. The molecule has 0 aliphatic carbocycles. The van der Waals surface area contributed by atoms with E-state index in [0.717, 1.165) is 3.57 Å². The first kappa shape index (κ1) is 22.5. The first-order valence-electron chi connectivity index (χ1n) is 9.76. The Bertz CT molecular complexity index is 1280. The van der Waals surface area contributed by atoms with Crippen molar-refractivity contribution in [2.75, 3.05) is 7.11 Å². The molecule has 1 aliphatic rings. The number of non-ortho nitro benzene ring substituents is 1. The van der Waals surface area contributed by atoms with Crippen LogP contribution in [0.5, 0.6) is 11.5 Å². The summed E-state index contributed by atoms with van der Waals surface area (Å²) in [7, 11) is 1.50. The van der Waals surface area contributed by atoms with Crippen LogP contribution in [-0.2, 0) is 16.1 Å². The molecular weight excluding hydrogens is 539 g/mol. The van der Waals surface area contributed by atoms with E-state index in [1.54, 1.807) is 36.4 Å². The van der Waals surface area contributed by atoms with Gasteiger partial charge in [-0.25, -0.2) is 9.79 Å². The summed E-state index contributed by atoms with van der Waals surface area (Å²) in [5.41, 5.74) is 1.97. The second kappa shape index (κ2) is 9.82. The summed E-state index contributed by atoms with van der Waals surface area (Å²) in [6, 6.07) is 18.9. The van der Waals surface area contributed by atoms with Crippen LogP contribution in [-0.4, -0.2) is 23.9 Å². The highest BCUT2D eigenvalue weighted by Crippen LogP contribution is 2.34. The average Bonchev–Trinajstić information content (AvgIpc) is 3.18. The van der Waals surface area contributed by atoms with Gasteiger partial charge in [0.05, 0.1) is 12.0 Å². The molecule has 166 valence electrons. The van der Waals surface area contributed by atoms with Crippen LogP contribution in [0.2, 0.25) is 0 Å². The molecule has 0 spiro atoms. The van der Waals surface area contributed by atoms with Gasteiger partial charge in [-0.1, -0.05) is 24.3 Å². The molecule has 0 atom stereocenters. The first-order chi connectivity index (χ1) is 15.9. The fourth-order valence-electron chi connectivity index (χ4n) is 3.15. The predicted octanol–water partition coefficient (Wildman–Crippen LogP) is 5.13. The van der Waals surface area contributed by atoms with Gasteiger partial charge in [-0.05, 0) is 64.6 Å². The second-order valence-corrected chi connectivity index (χ2v) is 8.18. The van der Waals surface area contributed by atoms with Gasteiger partial charge in [0.15, 0.2) is 17.2 Å². The summed E-state index contributed by atoms with van der Waals surface area (Å²) in [6.07, 6.45) is 1.56. The van der Waals surface area contributed by atoms with Crippen LogP contribution >= 0.6 is 22.6 Å². The van der Waals surface area contributed by atoms with Gasteiger partial charge in [0.2, 0.25) is 5.90 Å². The molecule has 0 bridgehead atoms. The van der Waals surface area contributed by atoms with Gasteiger partial charge < -0.3 is 14.2 Å². The second-order valence-electron chi connectivity index (χ2n) is 6.94. The number of rotatable bonds is 7. The van der Waals surface area contributed by atoms with Gasteiger partial charge in [-0.15, -0.1) is 0 Å². The van der Waals surface area contributed by atoms with Crippen molar-refractivity contribution in [1.29, 1.82) is 0 Å². The number of para-hydroxylation sites is 1. The molecule has 1 heterocycles. The third kappa shape index (κ3) is 5.20. The van der Waals surface area contributed by atoms with E-state index in [9.17, 15) is 14.9 Å². The number of esters is 1. The quantitative estimate of drug-likeness (QED) is 0.132. The maximum atomic E-state index is 12.4. The average molecular weight is 556 g/mol. The molecule has 3 aromatic rings. The van der Waals surface area contributed by atoms with Crippen LogP contribution in [0.15, 0.2) is 77.4 Å². The van der Waals surface area contributed by atoms with Gasteiger partial charge in [-0.3, -0.25) is 10.1 Å². The molecule has 0 amide bonds. The van der Waals surface area contributed by atoms with E-state index in [0.29, 0.717) is 28.2 Å². The number of methoxy groups -OCH3 is 1. The van der Waals surface area contributed by atoms with E-state index in [-0.39, 0.29) is 23.9 Å². The van der Waals surface area contributed by atoms with Crippen LogP contribution < -0.4 is 9.47 Å². The summed E-state index contributed by atoms with van der Waals surface area (Å²) in [6.45, 7) is 0.0693. The zero-order valence-corrected chi connectivity index (χ0v) is 19.5. The molecule has 0 saturated carbocycles. The molecule has 9 heteroatoms.